The molecule has 4 unspecified atom stereocenters. The van der Waals surface area contributed by atoms with Gasteiger partial charge in [0.25, 0.3) is 0 Å². The van der Waals surface area contributed by atoms with Crippen LogP contribution in [-0.2, 0) is 0 Å². The van der Waals surface area contributed by atoms with Crippen molar-refractivity contribution in [2.24, 2.45) is 16.8 Å². The molecule has 6 aliphatic rings. The first-order valence-corrected chi connectivity index (χ1v) is 22.8. The van der Waals surface area contributed by atoms with Crippen LogP contribution in [0.25, 0.3) is 5.57 Å². The molecule has 0 fully saturated rings. The van der Waals surface area contributed by atoms with Crippen LogP contribution >= 0.6 is 0 Å². The number of benzene rings is 3. The SMILES string of the molecule is C[Si]1(C)c2ccccc2N(C2=C(C3CC(C4C=CCCC4)=NC(C4=CCCC=C4)N3)C=C(C3C=C(c4ccccc4)C=CC3)CC2)c2ccccc21. The van der Waals surface area contributed by atoms with Crippen molar-refractivity contribution in [3.8, 4) is 0 Å². The highest BCUT2D eigenvalue weighted by molar-refractivity contribution is 7.02. The molecule has 2 aliphatic heterocycles. The molecule has 4 aliphatic carbocycles. The lowest BCUT2D eigenvalue weighted by Gasteiger charge is -2.45. The molecule has 0 saturated heterocycles. The summed E-state index contributed by atoms with van der Waals surface area (Å²) < 4.78 is 0. The van der Waals surface area contributed by atoms with Gasteiger partial charge in [0.2, 0.25) is 0 Å². The second kappa shape index (κ2) is 14.1. The molecule has 0 radical (unpaired) electrons. The molecule has 3 aromatic rings. The Bertz CT molecular complexity index is 2060. The van der Waals surface area contributed by atoms with Gasteiger partial charge >= 0.3 is 0 Å². The zero-order valence-corrected chi connectivity index (χ0v) is 31.8. The minimum atomic E-state index is -1.90. The Morgan fingerprint density at radius 3 is 2.27 bits per heavy atom. The maximum Gasteiger partial charge on any atom is 0.125 e. The van der Waals surface area contributed by atoms with Crippen LogP contribution in [0.1, 0.15) is 63.4 Å². The van der Waals surface area contributed by atoms with E-state index in [1.807, 2.05) is 0 Å². The van der Waals surface area contributed by atoms with Crippen LogP contribution in [-0.4, -0.2) is 26.0 Å². The highest BCUT2D eigenvalue weighted by atomic mass is 28.3. The van der Waals surface area contributed by atoms with Crippen molar-refractivity contribution in [3.05, 3.63) is 162 Å². The van der Waals surface area contributed by atoms with Crippen molar-refractivity contribution >= 4 is 41.1 Å². The number of nitrogens with one attached hydrogen (secondary N) is 1. The highest BCUT2D eigenvalue weighted by Crippen LogP contribution is 2.44. The Balaban J connectivity index is 1.21. The molecule has 0 bridgehead atoms. The van der Waals surface area contributed by atoms with E-state index >= 15 is 0 Å². The Kier molecular flexibility index (Phi) is 9.06. The van der Waals surface area contributed by atoms with Crippen molar-refractivity contribution in [2.45, 2.75) is 83.1 Å². The number of allylic oxidation sites excluding steroid dienone is 10. The number of anilines is 2. The van der Waals surface area contributed by atoms with Gasteiger partial charge in [-0.25, -0.2) is 0 Å². The van der Waals surface area contributed by atoms with Gasteiger partial charge in [0, 0.05) is 47.1 Å². The number of fused-ring (bicyclic) bond motifs is 2. The van der Waals surface area contributed by atoms with E-state index in [2.05, 4.69) is 157 Å². The molecule has 0 saturated carbocycles. The molecule has 0 amide bonds. The lowest BCUT2D eigenvalue weighted by molar-refractivity contribution is 0.481. The first-order chi connectivity index (χ1) is 25.5. The lowest BCUT2D eigenvalue weighted by Crippen LogP contribution is -2.59. The van der Waals surface area contributed by atoms with Crippen molar-refractivity contribution in [1.82, 2.24) is 5.32 Å². The standard InChI is InChI=1S/C48H51N3Si/c1-52(2)46-27-14-12-25-44(46)51(45-26-13-15-28-47(45)52)43-30-29-39(38-24-16-23-37(31-38)34-17-6-3-7-18-34)32-40(43)42-33-41(35-19-8-4-9-20-35)49-48(50-42)36-21-10-5-11-22-36/h3,6-8,10,12-19,21-23,25-28,31-32,35,38,42,48,50H,4-5,9,11,20,24,29-30,33H2,1-2H3. The van der Waals surface area contributed by atoms with Crippen LogP contribution in [0.2, 0.25) is 13.1 Å². The van der Waals surface area contributed by atoms with Gasteiger partial charge in [-0.05, 0) is 96.2 Å². The normalized spacial score (nSPS) is 26.5. The highest BCUT2D eigenvalue weighted by Gasteiger charge is 2.41. The van der Waals surface area contributed by atoms with Crippen molar-refractivity contribution in [1.29, 1.82) is 0 Å². The fourth-order valence-electron chi connectivity index (χ4n) is 9.58. The van der Waals surface area contributed by atoms with Crippen LogP contribution in [0.15, 0.2) is 161 Å². The monoisotopic (exact) mass is 697 g/mol. The van der Waals surface area contributed by atoms with E-state index in [9.17, 15) is 0 Å². The van der Waals surface area contributed by atoms with Crippen LogP contribution in [0.5, 0.6) is 0 Å². The van der Waals surface area contributed by atoms with Gasteiger partial charge < -0.3 is 4.90 Å². The van der Waals surface area contributed by atoms with Crippen LogP contribution in [0, 0.1) is 11.8 Å². The van der Waals surface area contributed by atoms with Gasteiger partial charge in [-0.2, -0.15) is 0 Å². The summed E-state index contributed by atoms with van der Waals surface area (Å²) in [5.41, 5.74) is 12.6. The second-order valence-electron chi connectivity index (χ2n) is 15.9. The van der Waals surface area contributed by atoms with Crippen molar-refractivity contribution in [2.75, 3.05) is 4.90 Å². The van der Waals surface area contributed by atoms with Gasteiger partial charge in [-0.15, -0.1) is 0 Å². The first kappa shape index (κ1) is 33.3. The molecule has 2 heterocycles. The summed E-state index contributed by atoms with van der Waals surface area (Å²) >= 11 is 0. The molecule has 9 rings (SSSR count). The molecule has 1 N–H and O–H groups in total. The summed E-state index contributed by atoms with van der Waals surface area (Å²) in [4.78, 5) is 8.20. The maximum absolute atomic E-state index is 5.52. The topological polar surface area (TPSA) is 27.6 Å². The number of nitrogens with zero attached hydrogens (tertiary/aromatic N) is 2. The first-order valence-electron chi connectivity index (χ1n) is 19.8. The van der Waals surface area contributed by atoms with Crippen molar-refractivity contribution < 1.29 is 0 Å². The molecule has 0 spiro atoms. The third-order valence-electron chi connectivity index (χ3n) is 12.3. The predicted octanol–water partition coefficient (Wildman–Crippen LogP) is 10.4. The van der Waals surface area contributed by atoms with Crippen LogP contribution in [0.3, 0.4) is 0 Å². The van der Waals surface area contributed by atoms with Gasteiger partial charge in [0.15, 0.2) is 0 Å². The number of hydrogen-bond donors (Lipinski definition) is 1. The van der Waals surface area contributed by atoms with Crippen LogP contribution < -0.4 is 20.6 Å². The summed E-state index contributed by atoms with van der Waals surface area (Å²) in [6, 6.07) is 29.7. The Morgan fingerprint density at radius 2 is 1.54 bits per heavy atom. The summed E-state index contributed by atoms with van der Waals surface area (Å²) in [5.74, 6) is 0.815. The molecule has 3 nitrogen and oxygen atoms in total. The predicted molar refractivity (Wildman–Crippen MR) is 223 cm³/mol. The number of aliphatic imine (C=N–C) groups is 1. The van der Waals surface area contributed by atoms with E-state index < -0.39 is 8.07 Å². The molecular weight excluding hydrogens is 647 g/mol. The van der Waals surface area contributed by atoms with E-state index in [1.54, 1.807) is 5.57 Å². The number of rotatable bonds is 6. The summed E-state index contributed by atoms with van der Waals surface area (Å²) in [7, 11) is -1.90. The average molecular weight is 698 g/mol. The van der Waals surface area contributed by atoms with E-state index in [4.69, 9.17) is 4.99 Å². The molecule has 4 heteroatoms. The molecule has 4 atom stereocenters. The minimum absolute atomic E-state index is 0.0254. The Morgan fingerprint density at radius 1 is 0.769 bits per heavy atom. The zero-order valence-electron chi connectivity index (χ0n) is 30.8. The Hall–Kier alpha value is -4.51. The van der Waals surface area contributed by atoms with E-state index in [0.29, 0.717) is 11.8 Å². The fourth-order valence-corrected chi connectivity index (χ4v) is 12.6. The third-order valence-corrected chi connectivity index (χ3v) is 15.9. The smallest absolute Gasteiger partial charge is 0.125 e. The van der Waals surface area contributed by atoms with Gasteiger partial charge in [0.05, 0.1) is 0 Å². The quantitative estimate of drug-likeness (QED) is 0.205. The Labute approximate surface area is 311 Å². The molecular formula is C48H51N3Si. The largest absolute Gasteiger partial charge is 0.314 e. The van der Waals surface area contributed by atoms with Crippen molar-refractivity contribution in [3.63, 3.8) is 0 Å². The maximum atomic E-state index is 5.52. The average Bonchev–Trinajstić information content (AvgIpc) is 3.22. The minimum Gasteiger partial charge on any atom is -0.314 e. The van der Waals surface area contributed by atoms with Gasteiger partial charge in [0.1, 0.15) is 14.2 Å². The third kappa shape index (κ3) is 6.20. The molecule has 0 aromatic heterocycles. The summed E-state index contributed by atoms with van der Waals surface area (Å²) in [5, 5.41) is 7.24. The molecule has 52 heavy (non-hydrogen) atoms. The fraction of sp³-hybridized carbons (Fsp3) is 0.312. The number of para-hydroxylation sites is 2. The zero-order chi connectivity index (χ0) is 35.1. The van der Waals surface area contributed by atoms with E-state index in [1.165, 1.54) is 74.7 Å². The molecule has 3 aromatic carbocycles. The van der Waals surface area contributed by atoms with E-state index in [0.717, 1.165) is 38.5 Å². The second-order valence-corrected chi connectivity index (χ2v) is 20.3. The molecule has 262 valence electrons. The lowest BCUT2D eigenvalue weighted by atomic mass is 9.78. The van der Waals surface area contributed by atoms with E-state index in [-0.39, 0.29) is 12.2 Å². The van der Waals surface area contributed by atoms with Gasteiger partial charge in [-0.3, -0.25) is 10.3 Å². The van der Waals surface area contributed by atoms with Gasteiger partial charge in [-0.1, -0.05) is 140 Å². The summed E-state index contributed by atoms with van der Waals surface area (Å²) in [6.07, 6.45) is 31.7. The van der Waals surface area contributed by atoms with Crippen LogP contribution in [0.4, 0.5) is 11.4 Å². The summed E-state index contributed by atoms with van der Waals surface area (Å²) in [6.45, 7) is 5.06. The number of hydrogen-bond acceptors (Lipinski definition) is 3.